The van der Waals surface area contributed by atoms with Crippen LogP contribution in [0.5, 0.6) is 0 Å². The molecule has 1 aromatic rings. The maximum atomic E-state index is 11.8. The highest BCUT2D eigenvalue weighted by Crippen LogP contribution is 2.21. The standard InChI is InChI=1S/C15H26N6O2/c1-11(2)19-14(22)8-17-15(16-3)21-5-6-23-13(10-21)12-7-18-20(4)9-12/h7,9,11,13H,5-6,8,10H2,1-4H3,(H,16,17)(H,19,22). The van der Waals surface area contributed by atoms with Crippen molar-refractivity contribution in [2.45, 2.75) is 26.0 Å². The number of hydrogen-bond donors (Lipinski definition) is 2. The fraction of sp³-hybridized carbons (Fsp3) is 0.667. The van der Waals surface area contributed by atoms with Gasteiger partial charge in [-0.25, -0.2) is 0 Å². The molecule has 0 radical (unpaired) electrons. The molecule has 8 heteroatoms. The van der Waals surface area contributed by atoms with E-state index in [1.54, 1.807) is 11.7 Å². The van der Waals surface area contributed by atoms with E-state index in [4.69, 9.17) is 4.74 Å². The van der Waals surface area contributed by atoms with Crippen LogP contribution in [-0.4, -0.2) is 65.9 Å². The van der Waals surface area contributed by atoms with E-state index in [0.717, 1.165) is 12.1 Å². The van der Waals surface area contributed by atoms with Gasteiger partial charge in [-0.2, -0.15) is 5.10 Å². The Bertz CT molecular complexity index is 554. The highest BCUT2D eigenvalue weighted by molar-refractivity contribution is 5.86. The van der Waals surface area contributed by atoms with Gasteiger partial charge in [-0.3, -0.25) is 14.5 Å². The van der Waals surface area contributed by atoms with Crippen LogP contribution < -0.4 is 10.6 Å². The van der Waals surface area contributed by atoms with E-state index in [1.807, 2.05) is 33.3 Å². The van der Waals surface area contributed by atoms with Crippen LogP contribution in [0.1, 0.15) is 25.5 Å². The molecule has 1 fully saturated rings. The van der Waals surface area contributed by atoms with Crippen molar-refractivity contribution >= 4 is 11.9 Å². The Balaban J connectivity index is 1.91. The summed E-state index contributed by atoms with van der Waals surface area (Å²) in [4.78, 5) is 18.1. The van der Waals surface area contributed by atoms with Crippen molar-refractivity contribution in [2.24, 2.45) is 12.0 Å². The average Bonchev–Trinajstić information content (AvgIpc) is 2.94. The Labute approximate surface area is 136 Å². The summed E-state index contributed by atoms with van der Waals surface area (Å²) in [6.45, 7) is 6.11. The molecule has 1 saturated heterocycles. The molecule has 0 saturated carbocycles. The Morgan fingerprint density at radius 3 is 2.96 bits per heavy atom. The van der Waals surface area contributed by atoms with Gasteiger partial charge < -0.3 is 20.3 Å². The number of hydrogen-bond acceptors (Lipinski definition) is 4. The summed E-state index contributed by atoms with van der Waals surface area (Å²) in [7, 11) is 3.61. The number of aryl methyl sites for hydroxylation is 1. The monoisotopic (exact) mass is 322 g/mol. The number of rotatable bonds is 4. The van der Waals surface area contributed by atoms with Crippen LogP contribution in [0.3, 0.4) is 0 Å². The second-order valence-electron chi connectivity index (χ2n) is 5.88. The Hall–Kier alpha value is -2.09. The third-order valence-corrected chi connectivity index (χ3v) is 3.53. The normalized spacial score (nSPS) is 19.1. The third kappa shape index (κ3) is 4.95. The molecule has 1 aromatic heterocycles. The van der Waals surface area contributed by atoms with Crippen LogP contribution in [0.4, 0.5) is 0 Å². The lowest BCUT2D eigenvalue weighted by Gasteiger charge is -2.34. The summed E-state index contributed by atoms with van der Waals surface area (Å²) in [6.07, 6.45) is 3.74. The number of amides is 1. The number of carbonyl (C=O) groups is 1. The molecule has 2 rings (SSSR count). The average molecular weight is 322 g/mol. The molecule has 1 amide bonds. The number of nitrogens with one attached hydrogen (secondary N) is 2. The summed E-state index contributed by atoms with van der Waals surface area (Å²) in [5, 5.41) is 10.1. The minimum absolute atomic E-state index is 0.0412. The maximum Gasteiger partial charge on any atom is 0.239 e. The molecule has 0 aromatic carbocycles. The largest absolute Gasteiger partial charge is 0.370 e. The van der Waals surface area contributed by atoms with E-state index in [2.05, 4.69) is 25.6 Å². The zero-order valence-electron chi connectivity index (χ0n) is 14.2. The van der Waals surface area contributed by atoms with Crippen LogP contribution >= 0.6 is 0 Å². The molecular formula is C15H26N6O2. The number of guanidine groups is 1. The third-order valence-electron chi connectivity index (χ3n) is 3.53. The van der Waals surface area contributed by atoms with Crippen molar-refractivity contribution in [1.82, 2.24) is 25.3 Å². The predicted molar refractivity (Wildman–Crippen MR) is 88.1 cm³/mol. The zero-order chi connectivity index (χ0) is 16.8. The van der Waals surface area contributed by atoms with E-state index in [0.29, 0.717) is 19.1 Å². The quantitative estimate of drug-likeness (QED) is 0.597. The van der Waals surface area contributed by atoms with Crippen LogP contribution in [0, 0.1) is 0 Å². The van der Waals surface area contributed by atoms with Gasteiger partial charge in [0.2, 0.25) is 5.91 Å². The van der Waals surface area contributed by atoms with Crippen LogP contribution in [-0.2, 0) is 16.6 Å². The molecule has 0 bridgehead atoms. The minimum Gasteiger partial charge on any atom is -0.370 e. The first-order valence-corrected chi connectivity index (χ1v) is 7.84. The van der Waals surface area contributed by atoms with Crippen LogP contribution in [0.15, 0.2) is 17.4 Å². The number of aliphatic imine (C=N–C) groups is 1. The fourth-order valence-electron chi connectivity index (χ4n) is 2.51. The lowest BCUT2D eigenvalue weighted by Crippen LogP contribution is -2.50. The Morgan fingerprint density at radius 1 is 1.57 bits per heavy atom. The van der Waals surface area contributed by atoms with Gasteiger partial charge >= 0.3 is 0 Å². The molecule has 1 aliphatic rings. The van der Waals surface area contributed by atoms with Crippen molar-refractivity contribution in [3.63, 3.8) is 0 Å². The van der Waals surface area contributed by atoms with Crippen molar-refractivity contribution < 1.29 is 9.53 Å². The second-order valence-corrected chi connectivity index (χ2v) is 5.88. The Kier molecular flexibility index (Phi) is 5.97. The van der Waals surface area contributed by atoms with Crippen molar-refractivity contribution in [3.05, 3.63) is 18.0 Å². The number of morpholine rings is 1. The van der Waals surface area contributed by atoms with E-state index in [-0.39, 0.29) is 24.6 Å². The second kappa shape index (κ2) is 7.96. The molecular weight excluding hydrogens is 296 g/mol. The van der Waals surface area contributed by atoms with Gasteiger partial charge in [0.25, 0.3) is 0 Å². The molecule has 8 nitrogen and oxygen atoms in total. The summed E-state index contributed by atoms with van der Waals surface area (Å²) in [5.74, 6) is 0.666. The molecule has 23 heavy (non-hydrogen) atoms. The molecule has 0 aliphatic carbocycles. The highest BCUT2D eigenvalue weighted by Gasteiger charge is 2.25. The summed E-state index contributed by atoms with van der Waals surface area (Å²) in [6, 6.07) is 0.129. The smallest absolute Gasteiger partial charge is 0.239 e. The first kappa shape index (κ1) is 17.3. The van der Waals surface area contributed by atoms with Gasteiger partial charge in [-0.1, -0.05) is 0 Å². The Morgan fingerprint density at radius 2 is 2.35 bits per heavy atom. The fourth-order valence-corrected chi connectivity index (χ4v) is 2.51. The van der Waals surface area contributed by atoms with Gasteiger partial charge in [-0.05, 0) is 13.8 Å². The highest BCUT2D eigenvalue weighted by atomic mass is 16.5. The van der Waals surface area contributed by atoms with Crippen LogP contribution in [0.25, 0.3) is 0 Å². The summed E-state index contributed by atoms with van der Waals surface area (Å²) < 4.78 is 7.59. The van der Waals surface area contributed by atoms with Gasteiger partial charge in [-0.15, -0.1) is 0 Å². The van der Waals surface area contributed by atoms with Gasteiger partial charge in [0.05, 0.1) is 25.9 Å². The zero-order valence-corrected chi connectivity index (χ0v) is 14.2. The van der Waals surface area contributed by atoms with Gasteiger partial charge in [0.1, 0.15) is 6.10 Å². The van der Waals surface area contributed by atoms with Crippen molar-refractivity contribution in [3.8, 4) is 0 Å². The van der Waals surface area contributed by atoms with E-state index >= 15 is 0 Å². The van der Waals surface area contributed by atoms with Gasteiger partial charge in [0.15, 0.2) is 5.96 Å². The topological polar surface area (TPSA) is 83.8 Å². The SMILES string of the molecule is CN=C(NCC(=O)NC(C)C)N1CCOC(c2cnn(C)c2)C1. The number of aromatic nitrogens is 2. The van der Waals surface area contributed by atoms with E-state index < -0.39 is 0 Å². The first-order valence-electron chi connectivity index (χ1n) is 7.84. The molecule has 128 valence electrons. The first-order chi connectivity index (χ1) is 11.0. The molecule has 1 aliphatic heterocycles. The van der Waals surface area contributed by atoms with E-state index in [1.165, 1.54) is 0 Å². The lowest BCUT2D eigenvalue weighted by atomic mass is 10.1. The maximum absolute atomic E-state index is 11.8. The van der Waals surface area contributed by atoms with E-state index in [9.17, 15) is 4.79 Å². The molecule has 1 unspecified atom stereocenters. The minimum atomic E-state index is -0.0433. The molecule has 1 atom stereocenters. The number of carbonyl (C=O) groups excluding carboxylic acids is 1. The number of ether oxygens (including phenoxy) is 1. The summed E-state index contributed by atoms with van der Waals surface area (Å²) in [5.41, 5.74) is 1.05. The lowest BCUT2D eigenvalue weighted by molar-refractivity contribution is -0.120. The van der Waals surface area contributed by atoms with Crippen LogP contribution in [0.2, 0.25) is 0 Å². The molecule has 2 N–H and O–H groups in total. The number of nitrogens with zero attached hydrogens (tertiary/aromatic N) is 4. The molecule has 0 spiro atoms. The van der Waals surface area contributed by atoms with Crippen molar-refractivity contribution in [2.75, 3.05) is 33.3 Å². The van der Waals surface area contributed by atoms with Gasteiger partial charge in [0, 0.05) is 38.4 Å². The molecule has 2 heterocycles. The summed E-state index contributed by atoms with van der Waals surface area (Å²) >= 11 is 0. The van der Waals surface area contributed by atoms with Crippen molar-refractivity contribution in [1.29, 1.82) is 0 Å². The predicted octanol–water partition coefficient (Wildman–Crippen LogP) is -0.107.